The molecule has 20 heavy (non-hydrogen) atoms. The number of hydrogen-bond donors (Lipinski definition) is 3. The van der Waals surface area contributed by atoms with E-state index in [1.54, 1.807) is 0 Å². The van der Waals surface area contributed by atoms with E-state index in [2.05, 4.69) is 17.6 Å². The molecule has 1 aliphatic carbocycles. The van der Waals surface area contributed by atoms with E-state index in [0.717, 1.165) is 31.0 Å². The Kier molecular flexibility index (Phi) is 7.32. The Morgan fingerprint density at radius 2 is 1.95 bits per heavy atom. The molecule has 2 fully saturated rings. The molecule has 4 atom stereocenters. The van der Waals surface area contributed by atoms with Gasteiger partial charge in [-0.3, -0.25) is 0 Å². The van der Waals surface area contributed by atoms with Crippen molar-refractivity contribution in [3.63, 3.8) is 0 Å². The zero-order chi connectivity index (χ0) is 14.2. The molecule has 1 saturated heterocycles. The SMILES string of the molecule is CC(CO)CCCNC1CCCCC1C1CCCCN1. The van der Waals surface area contributed by atoms with E-state index >= 15 is 0 Å². The van der Waals surface area contributed by atoms with Crippen molar-refractivity contribution in [3.05, 3.63) is 0 Å². The Labute approximate surface area is 124 Å². The summed E-state index contributed by atoms with van der Waals surface area (Å²) < 4.78 is 0. The van der Waals surface area contributed by atoms with Gasteiger partial charge in [-0.05, 0) is 63.5 Å². The van der Waals surface area contributed by atoms with Gasteiger partial charge in [-0.2, -0.15) is 0 Å². The normalized spacial score (nSPS) is 33.0. The molecule has 2 aliphatic rings. The van der Waals surface area contributed by atoms with Gasteiger partial charge in [0, 0.05) is 18.7 Å². The van der Waals surface area contributed by atoms with Crippen LogP contribution in [-0.2, 0) is 0 Å². The second-order valence-electron chi connectivity index (χ2n) is 7.00. The van der Waals surface area contributed by atoms with E-state index in [-0.39, 0.29) is 0 Å². The van der Waals surface area contributed by atoms with E-state index in [1.165, 1.54) is 57.9 Å². The lowest BCUT2D eigenvalue weighted by Gasteiger charge is -2.40. The number of nitrogens with one attached hydrogen (secondary N) is 2. The monoisotopic (exact) mass is 282 g/mol. The summed E-state index contributed by atoms with van der Waals surface area (Å²) in [6, 6.07) is 1.49. The first-order valence-corrected chi connectivity index (χ1v) is 8.89. The van der Waals surface area contributed by atoms with Crippen molar-refractivity contribution in [2.45, 2.75) is 76.8 Å². The van der Waals surface area contributed by atoms with Gasteiger partial charge in [0.15, 0.2) is 0 Å². The first kappa shape index (κ1) is 16.3. The molecule has 0 aromatic heterocycles. The van der Waals surface area contributed by atoms with Crippen LogP contribution in [0, 0.1) is 11.8 Å². The van der Waals surface area contributed by atoms with Crippen LogP contribution in [0.1, 0.15) is 64.7 Å². The zero-order valence-corrected chi connectivity index (χ0v) is 13.2. The standard InChI is InChI=1S/C17H34N2O/c1-14(13-20)7-6-12-19-16-9-3-2-8-15(16)17-10-4-5-11-18-17/h14-20H,2-13H2,1H3. The number of aliphatic hydroxyl groups excluding tert-OH is 1. The highest BCUT2D eigenvalue weighted by molar-refractivity contribution is 4.90. The molecule has 0 aromatic carbocycles. The van der Waals surface area contributed by atoms with Gasteiger partial charge < -0.3 is 15.7 Å². The number of hydrogen-bond acceptors (Lipinski definition) is 3. The summed E-state index contributed by atoms with van der Waals surface area (Å²) in [5.41, 5.74) is 0. The van der Waals surface area contributed by atoms with E-state index in [0.29, 0.717) is 12.5 Å². The Morgan fingerprint density at radius 1 is 1.15 bits per heavy atom. The minimum atomic E-state index is 0.331. The Balaban J connectivity index is 1.72. The molecular weight excluding hydrogens is 248 g/mol. The summed E-state index contributed by atoms with van der Waals surface area (Å²) in [5, 5.41) is 16.7. The maximum atomic E-state index is 9.07. The average molecular weight is 282 g/mol. The van der Waals surface area contributed by atoms with Crippen molar-refractivity contribution in [1.29, 1.82) is 0 Å². The van der Waals surface area contributed by atoms with Gasteiger partial charge in [-0.25, -0.2) is 0 Å². The fraction of sp³-hybridized carbons (Fsp3) is 1.00. The van der Waals surface area contributed by atoms with Crippen molar-refractivity contribution in [1.82, 2.24) is 10.6 Å². The van der Waals surface area contributed by atoms with Crippen molar-refractivity contribution >= 4 is 0 Å². The minimum Gasteiger partial charge on any atom is -0.396 e. The summed E-state index contributed by atoms with van der Waals surface area (Å²) in [4.78, 5) is 0. The minimum absolute atomic E-state index is 0.331. The highest BCUT2D eigenvalue weighted by Crippen LogP contribution is 2.30. The second kappa shape index (κ2) is 9.01. The maximum Gasteiger partial charge on any atom is 0.0456 e. The summed E-state index contributed by atoms with van der Waals surface area (Å²) in [5.74, 6) is 1.30. The Hall–Kier alpha value is -0.120. The Morgan fingerprint density at radius 3 is 2.70 bits per heavy atom. The number of rotatable bonds is 7. The van der Waals surface area contributed by atoms with Crippen LogP contribution < -0.4 is 10.6 Å². The molecule has 0 aromatic rings. The van der Waals surface area contributed by atoms with Gasteiger partial charge in [-0.1, -0.05) is 26.2 Å². The lowest BCUT2D eigenvalue weighted by atomic mass is 9.77. The lowest BCUT2D eigenvalue weighted by molar-refractivity contribution is 0.180. The van der Waals surface area contributed by atoms with Gasteiger partial charge >= 0.3 is 0 Å². The van der Waals surface area contributed by atoms with Gasteiger partial charge in [0.25, 0.3) is 0 Å². The van der Waals surface area contributed by atoms with E-state index < -0.39 is 0 Å². The fourth-order valence-corrected chi connectivity index (χ4v) is 3.97. The summed E-state index contributed by atoms with van der Waals surface area (Å²) in [6.45, 7) is 4.81. The highest BCUT2D eigenvalue weighted by atomic mass is 16.3. The van der Waals surface area contributed by atoms with Crippen molar-refractivity contribution in [3.8, 4) is 0 Å². The molecule has 3 N–H and O–H groups in total. The first-order chi connectivity index (χ1) is 9.81. The molecule has 2 rings (SSSR count). The van der Waals surface area contributed by atoms with Crippen LogP contribution in [0.15, 0.2) is 0 Å². The highest BCUT2D eigenvalue weighted by Gasteiger charge is 2.31. The third-order valence-corrected chi connectivity index (χ3v) is 5.28. The molecule has 0 radical (unpaired) electrons. The predicted octanol–water partition coefficient (Wildman–Crippen LogP) is 2.69. The second-order valence-corrected chi connectivity index (χ2v) is 7.00. The molecular formula is C17H34N2O. The van der Waals surface area contributed by atoms with Gasteiger partial charge in [0.1, 0.15) is 0 Å². The molecule has 0 amide bonds. The zero-order valence-electron chi connectivity index (χ0n) is 13.2. The maximum absolute atomic E-state index is 9.07. The molecule has 118 valence electrons. The van der Waals surface area contributed by atoms with Crippen LogP contribution in [0.2, 0.25) is 0 Å². The third-order valence-electron chi connectivity index (χ3n) is 5.28. The van der Waals surface area contributed by atoms with Gasteiger partial charge in [-0.15, -0.1) is 0 Å². The molecule has 4 unspecified atom stereocenters. The molecule has 1 saturated carbocycles. The molecule has 1 heterocycles. The van der Waals surface area contributed by atoms with Crippen LogP contribution in [-0.4, -0.2) is 36.9 Å². The van der Waals surface area contributed by atoms with E-state index in [9.17, 15) is 0 Å². The van der Waals surface area contributed by atoms with Crippen LogP contribution in [0.4, 0.5) is 0 Å². The van der Waals surface area contributed by atoms with Gasteiger partial charge in [0.05, 0.1) is 0 Å². The van der Waals surface area contributed by atoms with Crippen LogP contribution in [0.25, 0.3) is 0 Å². The predicted molar refractivity (Wildman–Crippen MR) is 84.9 cm³/mol. The number of piperidine rings is 1. The molecule has 0 spiro atoms. The third kappa shape index (κ3) is 5.01. The van der Waals surface area contributed by atoms with Crippen LogP contribution in [0.5, 0.6) is 0 Å². The van der Waals surface area contributed by atoms with Crippen LogP contribution >= 0.6 is 0 Å². The Bertz CT molecular complexity index is 253. The molecule has 3 heteroatoms. The number of aliphatic hydroxyl groups is 1. The molecule has 1 aliphatic heterocycles. The van der Waals surface area contributed by atoms with Gasteiger partial charge in [0.2, 0.25) is 0 Å². The van der Waals surface area contributed by atoms with E-state index in [1.807, 2.05) is 0 Å². The van der Waals surface area contributed by atoms with Crippen LogP contribution in [0.3, 0.4) is 0 Å². The molecule has 3 nitrogen and oxygen atoms in total. The van der Waals surface area contributed by atoms with Crippen molar-refractivity contribution < 1.29 is 5.11 Å². The smallest absolute Gasteiger partial charge is 0.0456 e. The van der Waals surface area contributed by atoms with Crippen molar-refractivity contribution in [2.75, 3.05) is 19.7 Å². The first-order valence-electron chi connectivity index (χ1n) is 8.89. The average Bonchev–Trinajstić information content (AvgIpc) is 2.52. The van der Waals surface area contributed by atoms with E-state index in [4.69, 9.17) is 5.11 Å². The quantitative estimate of drug-likeness (QED) is 0.629. The fourth-order valence-electron chi connectivity index (χ4n) is 3.97. The molecule has 0 bridgehead atoms. The summed E-state index contributed by atoms with van der Waals surface area (Å²) in [7, 11) is 0. The largest absolute Gasteiger partial charge is 0.396 e. The van der Waals surface area contributed by atoms with Crippen molar-refractivity contribution in [2.24, 2.45) is 11.8 Å². The lowest BCUT2D eigenvalue weighted by Crippen LogP contribution is -2.50. The summed E-state index contributed by atoms with van der Waals surface area (Å²) in [6.07, 6.45) is 12.1. The summed E-state index contributed by atoms with van der Waals surface area (Å²) >= 11 is 0. The topological polar surface area (TPSA) is 44.3 Å².